The minimum absolute atomic E-state index is 0. The van der Waals surface area contributed by atoms with Gasteiger partial charge in [0.25, 0.3) is 0 Å². The third-order valence-corrected chi connectivity index (χ3v) is 5.00. The third-order valence-electron chi connectivity index (χ3n) is 2.26. The van der Waals surface area contributed by atoms with E-state index in [0.29, 0.717) is 0 Å². The standard InChI is InChI=1S/C12H8Cl2O2S.K.H/c13-10-7-4-8-11(12(10)14)17(15,16)9-5-2-1-3-6-9;;/h1-8H;;. The van der Waals surface area contributed by atoms with E-state index in [0.717, 1.165) is 0 Å². The van der Waals surface area contributed by atoms with Gasteiger partial charge < -0.3 is 0 Å². The van der Waals surface area contributed by atoms with Crippen molar-refractivity contribution >= 4 is 84.4 Å². The van der Waals surface area contributed by atoms with E-state index in [9.17, 15) is 8.42 Å². The molecule has 2 nitrogen and oxygen atoms in total. The molecule has 90 valence electrons. The van der Waals surface area contributed by atoms with Gasteiger partial charge in [0.1, 0.15) is 0 Å². The van der Waals surface area contributed by atoms with Crippen molar-refractivity contribution in [3.05, 3.63) is 58.6 Å². The molecule has 0 amide bonds. The van der Waals surface area contributed by atoms with Gasteiger partial charge in [-0.25, -0.2) is 8.42 Å². The maximum atomic E-state index is 12.3. The Hall–Kier alpha value is 0.606. The number of benzene rings is 2. The van der Waals surface area contributed by atoms with E-state index >= 15 is 0 Å². The van der Waals surface area contributed by atoms with E-state index < -0.39 is 9.84 Å². The molecule has 2 aromatic carbocycles. The number of rotatable bonds is 2. The summed E-state index contributed by atoms with van der Waals surface area (Å²) >= 11 is 11.7. The Morgan fingerprint density at radius 3 is 2.06 bits per heavy atom. The first kappa shape index (κ1) is 16.7. The second kappa shape index (κ2) is 6.86. The number of hydrogen-bond acceptors (Lipinski definition) is 2. The van der Waals surface area contributed by atoms with Crippen molar-refractivity contribution in [1.82, 2.24) is 0 Å². The molecule has 0 unspecified atom stereocenters. The van der Waals surface area contributed by atoms with Crippen molar-refractivity contribution in [2.45, 2.75) is 9.79 Å². The summed E-state index contributed by atoms with van der Waals surface area (Å²) in [5.41, 5.74) is 0. The predicted molar refractivity (Wildman–Crippen MR) is 75.5 cm³/mol. The Kier molecular flexibility index (Phi) is 6.35. The monoisotopic (exact) mass is 326 g/mol. The Morgan fingerprint density at radius 1 is 0.833 bits per heavy atom. The molecule has 2 rings (SSSR count). The summed E-state index contributed by atoms with van der Waals surface area (Å²) in [5, 5.41) is 0.279. The van der Waals surface area contributed by atoms with Crippen LogP contribution in [0.15, 0.2) is 58.3 Å². The fourth-order valence-corrected chi connectivity index (χ4v) is 3.45. The van der Waals surface area contributed by atoms with Crippen molar-refractivity contribution in [3.8, 4) is 0 Å². The van der Waals surface area contributed by atoms with Gasteiger partial charge in [-0.2, -0.15) is 0 Å². The molecule has 0 N–H and O–H groups in total. The van der Waals surface area contributed by atoms with Crippen LogP contribution in [0.5, 0.6) is 0 Å². The van der Waals surface area contributed by atoms with Gasteiger partial charge in [0.15, 0.2) is 0 Å². The van der Waals surface area contributed by atoms with Crippen LogP contribution < -0.4 is 0 Å². The van der Waals surface area contributed by atoms with E-state index in [1.165, 1.54) is 18.2 Å². The van der Waals surface area contributed by atoms with Gasteiger partial charge >= 0.3 is 51.4 Å². The van der Waals surface area contributed by atoms with Crippen molar-refractivity contribution in [2.75, 3.05) is 0 Å². The topological polar surface area (TPSA) is 34.1 Å². The zero-order chi connectivity index (χ0) is 12.5. The van der Waals surface area contributed by atoms with E-state index in [2.05, 4.69) is 0 Å². The molecule has 0 heterocycles. The second-order valence-corrected chi connectivity index (χ2v) is 6.07. The molecule has 0 atom stereocenters. The van der Waals surface area contributed by atoms with Crippen LogP contribution in [0, 0.1) is 0 Å². The van der Waals surface area contributed by atoms with Crippen LogP contribution in [-0.2, 0) is 9.84 Å². The summed E-state index contributed by atoms with van der Waals surface area (Å²) in [4.78, 5) is 0.224. The van der Waals surface area contributed by atoms with Gasteiger partial charge in [-0.3, -0.25) is 0 Å². The van der Waals surface area contributed by atoms with Crippen LogP contribution in [0.2, 0.25) is 10.0 Å². The van der Waals surface area contributed by atoms with Crippen molar-refractivity contribution < 1.29 is 8.42 Å². The predicted octanol–water partition coefficient (Wildman–Crippen LogP) is 3.18. The van der Waals surface area contributed by atoms with Gasteiger partial charge in [-0.15, -0.1) is 0 Å². The van der Waals surface area contributed by atoms with E-state index in [-0.39, 0.29) is 71.2 Å². The summed E-state index contributed by atoms with van der Waals surface area (Å²) in [6, 6.07) is 12.7. The molecule has 0 aromatic heterocycles. The first-order valence-electron chi connectivity index (χ1n) is 4.77. The molecule has 0 spiro atoms. The zero-order valence-electron chi connectivity index (χ0n) is 8.60. The molecule has 0 aliphatic carbocycles. The number of halogens is 2. The van der Waals surface area contributed by atoms with Crippen molar-refractivity contribution in [3.63, 3.8) is 0 Å². The average molecular weight is 327 g/mol. The Labute approximate surface area is 159 Å². The van der Waals surface area contributed by atoms with E-state index in [4.69, 9.17) is 23.2 Å². The Balaban J connectivity index is 0.00000162. The van der Waals surface area contributed by atoms with Gasteiger partial charge in [-0.05, 0) is 24.3 Å². The molecule has 2 aromatic rings. The molecule has 0 saturated heterocycles. The van der Waals surface area contributed by atoms with E-state index in [1.54, 1.807) is 30.3 Å². The number of sulfone groups is 1. The van der Waals surface area contributed by atoms with Gasteiger partial charge in [-0.1, -0.05) is 47.5 Å². The zero-order valence-corrected chi connectivity index (χ0v) is 10.9. The molecule has 0 fully saturated rings. The SMILES string of the molecule is O=S(=O)(c1ccccc1)c1cccc(Cl)c1Cl.[KH]. The van der Waals surface area contributed by atoms with Crippen LogP contribution in [0.1, 0.15) is 0 Å². The quantitative estimate of drug-likeness (QED) is 0.794. The fourth-order valence-electron chi connectivity index (χ4n) is 1.42. The van der Waals surface area contributed by atoms with Crippen LogP contribution in [0.25, 0.3) is 0 Å². The van der Waals surface area contributed by atoms with Crippen LogP contribution in [0.4, 0.5) is 0 Å². The van der Waals surface area contributed by atoms with Crippen LogP contribution >= 0.6 is 23.2 Å². The maximum absolute atomic E-state index is 12.3. The second-order valence-electron chi connectivity index (χ2n) is 3.37. The summed E-state index contributed by atoms with van der Waals surface area (Å²) in [6.07, 6.45) is 0. The van der Waals surface area contributed by atoms with Crippen LogP contribution in [-0.4, -0.2) is 59.8 Å². The fraction of sp³-hybridized carbons (Fsp3) is 0. The van der Waals surface area contributed by atoms with Crippen LogP contribution in [0.3, 0.4) is 0 Å². The Morgan fingerprint density at radius 2 is 1.44 bits per heavy atom. The molecular formula is C12H9Cl2KO2S. The summed E-state index contributed by atoms with van der Waals surface area (Å²) < 4.78 is 24.5. The molecule has 0 aliphatic rings. The molecule has 0 bridgehead atoms. The third kappa shape index (κ3) is 3.38. The Bertz CT molecular complexity index is 642. The summed E-state index contributed by atoms with van der Waals surface area (Å²) in [5.74, 6) is 0. The average Bonchev–Trinajstić information content (AvgIpc) is 2.33. The minimum atomic E-state index is -3.61. The summed E-state index contributed by atoms with van der Waals surface area (Å²) in [6.45, 7) is 0. The van der Waals surface area contributed by atoms with Crippen molar-refractivity contribution in [1.29, 1.82) is 0 Å². The molecular weight excluding hydrogens is 318 g/mol. The molecule has 0 aliphatic heterocycles. The van der Waals surface area contributed by atoms with Crippen molar-refractivity contribution in [2.24, 2.45) is 0 Å². The molecule has 0 saturated carbocycles. The molecule has 0 radical (unpaired) electrons. The molecule has 18 heavy (non-hydrogen) atoms. The van der Waals surface area contributed by atoms with Gasteiger partial charge in [0.2, 0.25) is 9.84 Å². The molecule has 6 heteroatoms. The first-order chi connectivity index (χ1) is 8.03. The summed E-state index contributed by atoms with van der Waals surface area (Å²) in [7, 11) is -3.61. The van der Waals surface area contributed by atoms with Gasteiger partial charge in [0, 0.05) is 0 Å². The normalized spacial score (nSPS) is 10.8. The number of hydrogen-bond donors (Lipinski definition) is 0. The van der Waals surface area contributed by atoms with E-state index in [1.807, 2.05) is 0 Å². The first-order valence-corrected chi connectivity index (χ1v) is 7.01. The van der Waals surface area contributed by atoms with Gasteiger partial charge in [0.05, 0.1) is 19.8 Å².